The van der Waals surface area contributed by atoms with Gasteiger partial charge in [-0.05, 0) is 67.3 Å². The third-order valence-electron chi connectivity index (χ3n) is 5.90. The van der Waals surface area contributed by atoms with E-state index in [0.29, 0.717) is 17.1 Å². The Kier molecular flexibility index (Phi) is 11.1. The second-order valence-corrected chi connectivity index (χ2v) is 9.37. The van der Waals surface area contributed by atoms with Crippen molar-refractivity contribution in [2.75, 3.05) is 19.8 Å². The monoisotopic (exact) mass is 519 g/mol. The van der Waals surface area contributed by atoms with E-state index in [9.17, 15) is 4.79 Å². The Morgan fingerprint density at radius 2 is 1.84 bits per heavy atom. The number of nitrogens with one attached hydrogen (secondary N) is 3. The maximum absolute atomic E-state index is 12.6. The van der Waals surface area contributed by atoms with Gasteiger partial charge in [-0.2, -0.15) is 0 Å². The SMILES string of the molecule is C=C1NC=CC=C1c1[nH]c2ccc(C(=O)NCCCC)cc2c1-c1cccc(Cl)c1.CCCOCCC. The molecular formula is C31H38ClN3O2. The summed E-state index contributed by atoms with van der Waals surface area (Å²) in [5.41, 5.74) is 6.30. The molecule has 0 saturated heterocycles. The van der Waals surface area contributed by atoms with Crippen LogP contribution in [0.25, 0.3) is 27.6 Å². The lowest BCUT2D eigenvalue weighted by Gasteiger charge is -2.15. The van der Waals surface area contributed by atoms with Crippen molar-refractivity contribution in [3.63, 3.8) is 0 Å². The van der Waals surface area contributed by atoms with Crippen molar-refractivity contribution in [1.29, 1.82) is 0 Å². The molecule has 5 nitrogen and oxygen atoms in total. The molecule has 1 aliphatic rings. The van der Waals surface area contributed by atoms with Crippen LogP contribution < -0.4 is 10.6 Å². The smallest absolute Gasteiger partial charge is 0.251 e. The highest BCUT2D eigenvalue weighted by Gasteiger charge is 2.20. The molecule has 4 rings (SSSR count). The molecule has 0 saturated carbocycles. The van der Waals surface area contributed by atoms with Gasteiger partial charge in [-0.1, -0.05) is 57.5 Å². The molecule has 0 unspecified atom stereocenters. The van der Waals surface area contributed by atoms with Crippen LogP contribution in [0.5, 0.6) is 0 Å². The Hall–Kier alpha value is -3.28. The molecular weight excluding hydrogens is 482 g/mol. The van der Waals surface area contributed by atoms with Crippen LogP contribution in [0.2, 0.25) is 5.02 Å². The Bertz CT molecular complexity index is 1270. The first kappa shape index (κ1) is 28.3. The molecule has 3 N–H and O–H groups in total. The lowest BCUT2D eigenvalue weighted by atomic mass is 9.95. The second-order valence-electron chi connectivity index (χ2n) is 8.93. The van der Waals surface area contributed by atoms with E-state index in [4.69, 9.17) is 16.3 Å². The third kappa shape index (κ3) is 7.61. The predicted octanol–water partition coefficient (Wildman–Crippen LogP) is 7.86. The van der Waals surface area contributed by atoms with Crippen molar-refractivity contribution in [2.45, 2.75) is 46.5 Å². The third-order valence-corrected chi connectivity index (χ3v) is 6.13. The molecule has 1 aliphatic heterocycles. The lowest BCUT2D eigenvalue weighted by molar-refractivity contribution is 0.0953. The number of carbonyl (C=O) groups is 1. The summed E-state index contributed by atoms with van der Waals surface area (Å²) < 4.78 is 5.13. The first-order chi connectivity index (χ1) is 18.0. The van der Waals surface area contributed by atoms with Crippen LogP contribution >= 0.6 is 11.6 Å². The maximum atomic E-state index is 12.6. The summed E-state index contributed by atoms with van der Waals surface area (Å²) in [6, 6.07) is 13.5. The predicted molar refractivity (Wildman–Crippen MR) is 157 cm³/mol. The number of amides is 1. The summed E-state index contributed by atoms with van der Waals surface area (Å²) in [4.78, 5) is 16.2. The maximum Gasteiger partial charge on any atom is 0.251 e. The summed E-state index contributed by atoms with van der Waals surface area (Å²) in [5, 5.41) is 7.80. The van der Waals surface area contributed by atoms with Gasteiger partial charge in [0.1, 0.15) is 0 Å². The Morgan fingerprint density at radius 1 is 1.05 bits per heavy atom. The van der Waals surface area contributed by atoms with Gasteiger partial charge in [-0.3, -0.25) is 4.79 Å². The van der Waals surface area contributed by atoms with E-state index < -0.39 is 0 Å². The minimum Gasteiger partial charge on any atom is -0.381 e. The standard InChI is InChI=1S/C25H24ClN3O.C6H14O/c1-3-4-12-28-25(30)18-10-11-22-21(15-18)23(17-7-5-8-19(26)14-17)24(29-22)20-9-6-13-27-16(20)2;1-3-5-7-6-4-2/h5-11,13-15,27,29H,2-4,12H2,1H3,(H,28,30);3-6H2,1-2H3. The molecule has 2 heterocycles. The van der Waals surface area contributed by atoms with Crippen LogP contribution in [0.15, 0.2) is 73.1 Å². The number of allylic oxidation sites excluding steroid dienone is 3. The van der Waals surface area contributed by atoms with E-state index in [-0.39, 0.29) is 5.91 Å². The minimum absolute atomic E-state index is 0.0592. The van der Waals surface area contributed by atoms with Crippen LogP contribution in [0, 0.1) is 0 Å². The summed E-state index contributed by atoms with van der Waals surface area (Å²) in [7, 11) is 0. The van der Waals surface area contributed by atoms with Gasteiger partial charge < -0.3 is 20.4 Å². The quantitative estimate of drug-likeness (QED) is 0.239. The number of halogens is 1. The van der Waals surface area contributed by atoms with Crippen molar-refractivity contribution in [3.8, 4) is 11.1 Å². The molecule has 0 atom stereocenters. The zero-order chi connectivity index (χ0) is 26.6. The molecule has 6 heteroatoms. The number of rotatable bonds is 10. The normalized spacial score (nSPS) is 12.5. The number of dihydropyridines is 1. The Morgan fingerprint density at radius 3 is 2.51 bits per heavy atom. The van der Waals surface area contributed by atoms with Crippen LogP contribution in [0.1, 0.15) is 62.5 Å². The second kappa shape index (κ2) is 14.5. The number of carbonyl (C=O) groups excluding carboxylic acids is 1. The van der Waals surface area contributed by atoms with Gasteiger partial charge in [0.25, 0.3) is 5.91 Å². The molecule has 3 aromatic rings. The van der Waals surface area contributed by atoms with Crippen LogP contribution in [0.4, 0.5) is 0 Å². The zero-order valence-corrected chi connectivity index (χ0v) is 22.9. The number of hydrogen-bond acceptors (Lipinski definition) is 3. The van der Waals surface area contributed by atoms with Gasteiger partial charge in [-0.15, -0.1) is 0 Å². The topological polar surface area (TPSA) is 66.2 Å². The number of hydrogen-bond donors (Lipinski definition) is 3. The molecule has 0 bridgehead atoms. The molecule has 0 aliphatic carbocycles. The van der Waals surface area contributed by atoms with Gasteiger partial charge in [0.2, 0.25) is 0 Å². The fourth-order valence-corrected chi connectivity index (χ4v) is 4.25. The number of H-pyrrole nitrogens is 1. The number of aromatic amines is 1. The fraction of sp³-hybridized carbons (Fsp3) is 0.323. The number of unbranched alkanes of at least 4 members (excludes halogenated alkanes) is 1. The average Bonchev–Trinajstić information content (AvgIpc) is 3.28. The number of fused-ring (bicyclic) bond motifs is 1. The molecule has 196 valence electrons. The Labute approximate surface area is 225 Å². The molecule has 0 radical (unpaired) electrons. The first-order valence-electron chi connectivity index (χ1n) is 13.1. The number of aromatic nitrogens is 1. The number of benzene rings is 2. The van der Waals surface area contributed by atoms with E-state index in [1.165, 1.54) is 0 Å². The van der Waals surface area contributed by atoms with Gasteiger partial charge in [0.05, 0.1) is 5.69 Å². The minimum atomic E-state index is -0.0592. The van der Waals surface area contributed by atoms with Crippen LogP contribution in [-0.4, -0.2) is 30.6 Å². The van der Waals surface area contributed by atoms with Gasteiger partial charge in [-0.25, -0.2) is 0 Å². The molecule has 1 amide bonds. The Balaban J connectivity index is 0.000000479. The van der Waals surface area contributed by atoms with Gasteiger partial charge in [0, 0.05) is 64.3 Å². The summed E-state index contributed by atoms with van der Waals surface area (Å²) in [6.07, 6.45) is 10.1. The molecule has 0 spiro atoms. The number of ether oxygens (including phenoxy) is 1. The van der Waals surface area contributed by atoms with E-state index >= 15 is 0 Å². The highest BCUT2D eigenvalue weighted by Crippen LogP contribution is 2.39. The summed E-state index contributed by atoms with van der Waals surface area (Å²) in [5.74, 6) is -0.0592. The zero-order valence-electron chi connectivity index (χ0n) is 22.1. The van der Waals surface area contributed by atoms with Crippen molar-refractivity contribution >= 4 is 34.0 Å². The van der Waals surface area contributed by atoms with Crippen LogP contribution in [-0.2, 0) is 4.74 Å². The molecule has 0 fully saturated rings. The molecule has 37 heavy (non-hydrogen) atoms. The highest BCUT2D eigenvalue weighted by molar-refractivity contribution is 6.31. The molecule has 1 aromatic heterocycles. The van der Waals surface area contributed by atoms with Crippen molar-refractivity contribution in [1.82, 2.24) is 15.6 Å². The summed E-state index contributed by atoms with van der Waals surface area (Å²) in [6.45, 7) is 13.0. The summed E-state index contributed by atoms with van der Waals surface area (Å²) >= 11 is 6.30. The van der Waals surface area contributed by atoms with Crippen molar-refractivity contribution in [2.24, 2.45) is 0 Å². The van der Waals surface area contributed by atoms with Gasteiger partial charge >= 0.3 is 0 Å². The first-order valence-corrected chi connectivity index (χ1v) is 13.5. The molecule has 2 aromatic carbocycles. The fourth-order valence-electron chi connectivity index (χ4n) is 4.06. The van der Waals surface area contributed by atoms with Crippen molar-refractivity contribution < 1.29 is 9.53 Å². The largest absolute Gasteiger partial charge is 0.381 e. The average molecular weight is 520 g/mol. The van der Waals surface area contributed by atoms with Gasteiger partial charge in [0.15, 0.2) is 0 Å². The highest BCUT2D eigenvalue weighted by atomic mass is 35.5. The van der Waals surface area contributed by atoms with Crippen molar-refractivity contribution in [3.05, 3.63) is 89.4 Å². The lowest BCUT2D eigenvalue weighted by Crippen LogP contribution is -2.24. The van der Waals surface area contributed by atoms with Crippen LogP contribution in [0.3, 0.4) is 0 Å². The van der Waals surface area contributed by atoms with E-state index in [0.717, 1.165) is 77.9 Å². The van der Waals surface area contributed by atoms with E-state index in [1.807, 2.05) is 60.8 Å². The van der Waals surface area contributed by atoms with E-state index in [2.05, 4.69) is 43.0 Å². The van der Waals surface area contributed by atoms with E-state index in [1.54, 1.807) is 0 Å².